The van der Waals surface area contributed by atoms with Crippen LogP contribution >= 0.6 is 0 Å². The Morgan fingerprint density at radius 2 is 2.12 bits per heavy atom. The van der Waals surface area contributed by atoms with E-state index in [9.17, 15) is 0 Å². The Hall–Kier alpha value is -1.35. The molecule has 0 atom stereocenters. The molecule has 3 nitrogen and oxygen atoms in total. The molecule has 0 aliphatic rings. The third-order valence-corrected chi connectivity index (χ3v) is 2.91. The van der Waals surface area contributed by atoms with Crippen molar-refractivity contribution in [3.8, 4) is 0 Å². The number of nitrogens with two attached hydrogens (primary N) is 1. The van der Waals surface area contributed by atoms with Gasteiger partial charge in [-0.1, -0.05) is 19.4 Å². The Kier molecular flexibility index (Phi) is 4.15. The van der Waals surface area contributed by atoms with E-state index in [4.69, 9.17) is 10.2 Å². The summed E-state index contributed by atoms with van der Waals surface area (Å²) in [7, 11) is 0. The van der Waals surface area contributed by atoms with Crippen LogP contribution in [0.4, 0.5) is 0 Å². The summed E-state index contributed by atoms with van der Waals surface area (Å²) in [6.07, 6.45) is 5.26. The van der Waals surface area contributed by atoms with E-state index < -0.39 is 0 Å². The number of oxazole rings is 1. The Balaban J connectivity index is 2.15. The summed E-state index contributed by atoms with van der Waals surface area (Å²) in [5.74, 6) is 0.859. The third kappa shape index (κ3) is 3.07. The molecule has 2 rings (SSSR count). The second kappa shape index (κ2) is 5.82. The van der Waals surface area contributed by atoms with Crippen LogP contribution in [0, 0.1) is 0 Å². The van der Waals surface area contributed by atoms with Gasteiger partial charge in [0.15, 0.2) is 11.5 Å². The van der Waals surface area contributed by atoms with Crippen LogP contribution < -0.4 is 5.73 Å². The molecule has 0 saturated heterocycles. The average molecular weight is 232 g/mol. The quantitative estimate of drug-likeness (QED) is 0.832. The lowest BCUT2D eigenvalue weighted by molar-refractivity contribution is 0.517. The fourth-order valence-electron chi connectivity index (χ4n) is 1.91. The van der Waals surface area contributed by atoms with Gasteiger partial charge in [0.2, 0.25) is 0 Å². The lowest BCUT2D eigenvalue weighted by Gasteiger charge is -1.97. The molecule has 0 aliphatic carbocycles. The molecule has 0 spiro atoms. The molecular weight excluding hydrogens is 212 g/mol. The first-order valence-electron chi connectivity index (χ1n) is 6.42. The first-order chi connectivity index (χ1) is 8.33. The van der Waals surface area contributed by atoms with Gasteiger partial charge in [-0.15, -0.1) is 0 Å². The number of hydrogen-bond donors (Lipinski definition) is 1. The number of benzene rings is 1. The van der Waals surface area contributed by atoms with E-state index in [2.05, 4.69) is 24.0 Å². The van der Waals surface area contributed by atoms with E-state index in [0.29, 0.717) is 0 Å². The molecular formula is C14H20N2O. The highest BCUT2D eigenvalue weighted by atomic mass is 16.3. The number of nitrogens with zero attached hydrogens (tertiary/aromatic N) is 1. The van der Waals surface area contributed by atoms with Crippen molar-refractivity contribution in [1.82, 2.24) is 4.98 Å². The highest BCUT2D eigenvalue weighted by molar-refractivity contribution is 5.73. The van der Waals surface area contributed by atoms with Gasteiger partial charge in [-0.2, -0.15) is 0 Å². The number of aromatic nitrogens is 1. The highest BCUT2D eigenvalue weighted by Crippen LogP contribution is 2.19. The molecule has 1 heterocycles. The van der Waals surface area contributed by atoms with Crippen molar-refractivity contribution in [2.75, 3.05) is 6.54 Å². The van der Waals surface area contributed by atoms with Gasteiger partial charge in [-0.3, -0.25) is 0 Å². The van der Waals surface area contributed by atoms with Crippen molar-refractivity contribution in [1.29, 1.82) is 0 Å². The fourth-order valence-corrected chi connectivity index (χ4v) is 1.91. The normalized spacial score (nSPS) is 11.2. The lowest BCUT2D eigenvalue weighted by atomic mass is 10.1. The van der Waals surface area contributed by atoms with E-state index in [0.717, 1.165) is 49.2 Å². The summed E-state index contributed by atoms with van der Waals surface area (Å²) in [4.78, 5) is 4.48. The van der Waals surface area contributed by atoms with Gasteiger partial charge < -0.3 is 10.2 Å². The number of rotatable bonds is 6. The Morgan fingerprint density at radius 3 is 2.88 bits per heavy atom. The minimum Gasteiger partial charge on any atom is -0.441 e. The molecule has 0 unspecified atom stereocenters. The first-order valence-corrected chi connectivity index (χ1v) is 6.42. The first kappa shape index (κ1) is 12.1. The number of fused-ring (bicyclic) bond motifs is 1. The van der Waals surface area contributed by atoms with Crippen LogP contribution in [0.15, 0.2) is 22.6 Å². The fraction of sp³-hybridized carbons (Fsp3) is 0.500. The maximum absolute atomic E-state index is 5.75. The molecule has 0 saturated carbocycles. The monoisotopic (exact) mass is 232 g/mol. The largest absolute Gasteiger partial charge is 0.441 e. The van der Waals surface area contributed by atoms with Gasteiger partial charge in [0, 0.05) is 6.42 Å². The standard InChI is InChI=1S/C14H20N2O/c1-2-3-6-14-16-12-8-7-11(5-4-9-15)10-13(12)17-14/h7-8,10H,2-6,9,15H2,1H3. The summed E-state index contributed by atoms with van der Waals surface area (Å²) in [5.41, 5.74) is 8.66. The zero-order valence-corrected chi connectivity index (χ0v) is 10.4. The molecule has 2 N–H and O–H groups in total. The summed E-state index contributed by atoms with van der Waals surface area (Å²) in [6, 6.07) is 6.25. The number of unbranched alkanes of at least 4 members (excludes halogenated alkanes) is 1. The van der Waals surface area contributed by atoms with Crippen LogP contribution in [0.3, 0.4) is 0 Å². The smallest absolute Gasteiger partial charge is 0.195 e. The Bertz CT molecular complexity index is 470. The van der Waals surface area contributed by atoms with Gasteiger partial charge in [-0.05, 0) is 43.5 Å². The van der Waals surface area contributed by atoms with Gasteiger partial charge in [0.05, 0.1) is 0 Å². The second-order valence-corrected chi connectivity index (χ2v) is 4.41. The van der Waals surface area contributed by atoms with Crippen molar-refractivity contribution >= 4 is 11.1 Å². The maximum atomic E-state index is 5.75. The zero-order chi connectivity index (χ0) is 12.1. The summed E-state index contributed by atoms with van der Waals surface area (Å²) in [5, 5.41) is 0. The number of aryl methyl sites for hydroxylation is 2. The molecule has 0 aliphatic heterocycles. The second-order valence-electron chi connectivity index (χ2n) is 4.41. The van der Waals surface area contributed by atoms with Gasteiger partial charge in [-0.25, -0.2) is 4.98 Å². The van der Waals surface area contributed by atoms with Crippen molar-refractivity contribution in [2.45, 2.75) is 39.0 Å². The number of hydrogen-bond acceptors (Lipinski definition) is 3. The van der Waals surface area contributed by atoms with E-state index in [1.165, 1.54) is 12.0 Å². The van der Waals surface area contributed by atoms with Crippen LogP contribution in [0.2, 0.25) is 0 Å². The topological polar surface area (TPSA) is 52.0 Å². The van der Waals surface area contributed by atoms with Crippen LogP contribution in [0.1, 0.15) is 37.6 Å². The molecule has 0 fully saturated rings. The molecule has 0 bridgehead atoms. The summed E-state index contributed by atoms with van der Waals surface area (Å²) < 4.78 is 5.75. The van der Waals surface area contributed by atoms with Gasteiger partial charge >= 0.3 is 0 Å². The molecule has 1 aromatic carbocycles. The van der Waals surface area contributed by atoms with Crippen molar-refractivity contribution in [2.24, 2.45) is 5.73 Å². The van der Waals surface area contributed by atoms with Crippen LogP contribution in [0.5, 0.6) is 0 Å². The molecule has 0 radical (unpaired) electrons. The molecule has 1 aromatic heterocycles. The predicted molar refractivity (Wildman–Crippen MR) is 70.0 cm³/mol. The predicted octanol–water partition coefficient (Wildman–Crippen LogP) is 3.06. The summed E-state index contributed by atoms with van der Waals surface area (Å²) >= 11 is 0. The molecule has 3 heteroatoms. The molecule has 17 heavy (non-hydrogen) atoms. The molecule has 0 amide bonds. The van der Waals surface area contributed by atoms with E-state index in [1.807, 2.05) is 6.07 Å². The minimum absolute atomic E-state index is 0.732. The minimum atomic E-state index is 0.732. The molecule has 92 valence electrons. The van der Waals surface area contributed by atoms with Crippen molar-refractivity contribution in [3.63, 3.8) is 0 Å². The van der Waals surface area contributed by atoms with Crippen molar-refractivity contribution in [3.05, 3.63) is 29.7 Å². The third-order valence-electron chi connectivity index (χ3n) is 2.91. The van der Waals surface area contributed by atoms with Gasteiger partial charge in [0.25, 0.3) is 0 Å². The Morgan fingerprint density at radius 1 is 1.24 bits per heavy atom. The molecule has 2 aromatic rings. The van der Waals surface area contributed by atoms with E-state index in [1.54, 1.807) is 0 Å². The zero-order valence-electron chi connectivity index (χ0n) is 10.4. The lowest BCUT2D eigenvalue weighted by Crippen LogP contribution is -2.00. The Labute approximate surface area is 102 Å². The van der Waals surface area contributed by atoms with E-state index in [-0.39, 0.29) is 0 Å². The van der Waals surface area contributed by atoms with Gasteiger partial charge in [0.1, 0.15) is 5.52 Å². The van der Waals surface area contributed by atoms with Crippen LogP contribution in [-0.2, 0) is 12.8 Å². The maximum Gasteiger partial charge on any atom is 0.195 e. The average Bonchev–Trinajstić information content (AvgIpc) is 2.75. The van der Waals surface area contributed by atoms with Crippen molar-refractivity contribution < 1.29 is 4.42 Å². The highest BCUT2D eigenvalue weighted by Gasteiger charge is 2.05. The van der Waals surface area contributed by atoms with Crippen LogP contribution in [-0.4, -0.2) is 11.5 Å². The van der Waals surface area contributed by atoms with E-state index >= 15 is 0 Å². The summed E-state index contributed by atoms with van der Waals surface area (Å²) in [6.45, 7) is 2.91. The van der Waals surface area contributed by atoms with Crippen LogP contribution in [0.25, 0.3) is 11.1 Å². The SMILES string of the molecule is CCCCc1nc2ccc(CCCN)cc2o1.